The van der Waals surface area contributed by atoms with E-state index >= 15 is 0 Å². The summed E-state index contributed by atoms with van der Waals surface area (Å²) >= 11 is 0. The molecule has 1 saturated heterocycles. The average Bonchev–Trinajstić information content (AvgIpc) is 3.15. The maximum atomic E-state index is 4.10. The van der Waals surface area contributed by atoms with Crippen LogP contribution in [-0.2, 0) is 6.54 Å². The molecule has 0 saturated carbocycles. The number of aromatic nitrogens is 1. The summed E-state index contributed by atoms with van der Waals surface area (Å²) < 4.78 is 0. The summed E-state index contributed by atoms with van der Waals surface area (Å²) in [7, 11) is 0. The molecule has 0 spiro atoms. The molecule has 1 aliphatic heterocycles. The first-order chi connectivity index (χ1) is 14.5. The second kappa shape index (κ2) is 10.6. The van der Waals surface area contributed by atoms with Gasteiger partial charge in [-0.1, -0.05) is 60.7 Å². The van der Waals surface area contributed by atoms with E-state index in [2.05, 4.69) is 83.9 Å². The fraction of sp³-hybridized carbons (Fsp3) is 0.308. The van der Waals surface area contributed by atoms with Crippen LogP contribution in [0.1, 0.15) is 29.7 Å². The predicted molar refractivity (Wildman–Crippen MR) is 128 cm³/mol. The number of nitrogens with one attached hydrogen (secondary N) is 3. The molecule has 0 amide bonds. The number of benzene rings is 2. The Morgan fingerprint density at radius 3 is 2.63 bits per heavy atom. The van der Waals surface area contributed by atoms with Crippen LogP contribution in [0.4, 0.5) is 0 Å². The number of hydrogen-bond acceptors (Lipinski definition) is 3. The number of nitrogens with zero attached hydrogens (tertiary/aromatic N) is 1. The summed E-state index contributed by atoms with van der Waals surface area (Å²) in [6.07, 6.45) is 4.30. The maximum absolute atomic E-state index is 4.10. The molecule has 1 atom stereocenters. The molecule has 4 heteroatoms. The van der Waals surface area contributed by atoms with Crippen LogP contribution < -0.4 is 10.6 Å². The highest BCUT2D eigenvalue weighted by molar-refractivity contribution is 5.81. The van der Waals surface area contributed by atoms with Crippen molar-refractivity contribution in [1.82, 2.24) is 20.5 Å². The number of aromatic amines is 1. The van der Waals surface area contributed by atoms with Crippen molar-refractivity contribution < 1.29 is 0 Å². The highest BCUT2D eigenvalue weighted by atomic mass is 15.2. The first kappa shape index (κ1) is 21.6. The van der Waals surface area contributed by atoms with Crippen molar-refractivity contribution in [2.75, 3.05) is 13.1 Å². The summed E-state index contributed by atoms with van der Waals surface area (Å²) in [4.78, 5) is 5.70. The van der Waals surface area contributed by atoms with Gasteiger partial charge in [-0.25, -0.2) is 0 Å². The third-order valence-corrected chi connectivity index (χ3v) is 5.35. The Balaban J connectivity index is 0.000000310. The van der Waals surface area contributed by atoms with Gasteiger partial charge in [0.1, 0.15) is 0 Å². The number of fused-ring (bicyclic) bond motifs is 1. The normalized spacial score (nSPS) is 15.8. The van der Waals surface area contributed by atoms with E-state index < -0.39 is 0 Å². The minimum atomic E-state index is 0.437. The fourth-order valence-corrected chi connectivity index (χ4v) is 3.73. The topological polar surface area (TPSA) is 43.1 Å². The molecule has 1 unspecified atom stereocenters. The van der Waals surface area contributed by atoms with Crippen LogP contribution in [0.25, 0.3) is 10.9 Å². The zero-order valence-corrected chi connectivity index (χ0v) is 18.2. The van der Waals surface area contributed by atoms with Crippen molar-refractivity contribution in [2.24, 2.45) is 0 Å². The highest BCUT2D eigenvalue weighted by Crippen LogP contribution is 2.17. The van der Waals surface area contributed by atoms with Crippen LogP contribution >= 0.6 is 0 Å². The zero-order chi connectivity index (χ0) is 21.3. The van der Waals surface area contributed by atoms with Gasteiger partial charge < -0.3 is 20.5 Å². The molecule has 0 bridgehead atoms. The third-order valence-electron chi connectivity index (χ3n) is 5.35. The molecule has 2 aromatic carbocycles. The van der Waals surface area contributed by atoms with Crippen LogP contribution in [0.2, 0.25) is 0 Å². The van der Waals surface area contributed by atoms with Gasteiger partial charge in [0.15, 0.2) is 0 Å². The van der Waals surface area contributed by atoms with Crippen molar-refractivity contribution in [2.45, 2.75) is 39.3 Å². The Hall–Kier alpha value is -3.14. The zero-order valence-electron chi connectivity index (χ0n) is 18.2. The molecule has 30 heavy (non-hydrogen) atoms. The van der Waals surface area contributed by atoms with E-state index in [0.717, 1.165) is 25.5 Å². The first-order valence-electron chi connectivity index (χ1n) is 10.7. The number of piperidine rings is 1. The van der Waals surface area contributed by atoms with E-state index in [4.69, 9.17) is 0 Å². The van der Waals surface area contributed by atoms with Gasteiger partial charge >= 0.3 is 0 Å². The second-order valence-electron chi connectivity index (χ2n) is 8.03. The maximum Gasteiger partial charge on any atom is 0.0918 e. The van der Waals surface area contributed by atoms with Gasteiger partial charge in [-0.15, -0.1) is 0 Å². The van der Waals surface area contributed by atoms with Gasteiger partial charge in [-0.2, -0.15) is 0 Å². The summed E-state index contributed by atoms with van der Waals surface area (Å²) in [6, 6.07) is 19.4. The standard InChI is InChI=1S/C19H26N4.C7H8/c1-4-23-9-5-6-17(13-23)21-15(3)20-12-18-11-16-10-14(2)7-8-19(16)22-18;1-7-5-3-2-4-6-7/h4,7-8,10-11,17,20-22H,1,3,5-6,9,12-13H2,2H3;2-6H,1H3. The second-order valence-corrected chi connectivity index (χ2v) is 8.03. The summed E-state index contributed by atoms with van der Waals surface area (Å²) in [5, 5.41) is 8.12. The lowest BCUT2D eigenvalue weighted by Crippen LogP contribution is -2.44. The number of hydrogen-bond donors (Lipinski definition) is 3. The van der Waals surface area contributed by atoms with Crippen LogP contribution in [0, 0.1) is 13.8 Å². The van der Waals surface area contributed by atoms with Crippen molar-refractivity contribution >= 4 is 10.9 Å². The lowest BCUT2D eigenvalue weighted by Gasteiger charge is -2.33. The molecule has 1 fully saturated rings. The number of rotatable bonds is 6. The Morgan fingerprint density at radius 1 is 1.13 bits per heavy atom. The first-order valence-corrected chi connectivity index (χ1v) is 10.7. The van der Waals surface area contributed by atoms with Gasteiger partial charge in [0, 0.05) is 30.3 Å². The molecule has 1 aliphatic rings. The van der Waals surface area contributed by atoms with Gasteiger partial charge in [-0.05, 0) is 56.5 Å². The Morgan fingerprint density at radius 2 is 1.93 bits per heavy atom. The van der Waals surface area contributed by atoms with E-state index in [1.165, 1.54) is 40.6 Å². The molecule has 2 heterocycles. The monoisotopic (exact) mass is 402 g/mol. The Labute approximate surface area is 180 Å². The van der Waals surface area contributed by atoms with Crippen molar-refractivity contribution in [1.29, 1.82) is 0 Å². The van der Waals surface area contributed by atoms with Gasteiger partial charge in [0.25, 0.3) is 0 Å². The molecule has 4 nitrogen and oxygen atoms in total. The lowest BCUT2D eigenvalue weighted by atomic mass is 10.1. The molecule has 3 N–H and O–H groups in total. The SMILES string of the molecule is C=CN1CCCC(NC(=C)NCc2cc3cc(C)ccc3[nH]2)C1.Cc1ccccc1. The molecule has 1 aromatic heterocycles. The minimum absolute atomic E-state index is 0.437. The number of H-pyrrole nitrogens is 1. The van der Waals surface area contributed by atoms with Crippen LogP contribution in [0.3, 0.4) is 0 Å². The number of aryl methyl sites for hydroxylation is 2. The van der Waals surface area contributed by atoms with E-state index in [1.807, 2.05) is 24.4 Å². The fourth-order valence-electron chi connectivity index (χ4n) is 3.73. The summed E-state index contributed by atoms with van der Waals surface area (Å²) in [5.74, 6) is 0.885. The van der Waals surface area contributed by atoms with Gasteiger partial charge in [0.05, 0.1) is 12.4 Å². The van der Waals surface area contributed by atoms with Crippen LogP contribution in [-0.4, -0.2) is 29.0 Å². The molecular formula is C26H34N4. The van der Waals surface area contributed by atoms with E-state index in [-0.39, 0.29) is 0 Å². The molecule has 3 aromatic rings. The summed E-state index contributed by atoms with van der Waals surface area (Å²) in [5.41, 5.74) is 4.96. The van der Waals surface area contributed by atoms with Crippen LogP contribution in [0.5, 0.6) is 0 Å². The van der Waals surface area contributed by atoms with Gasteiger partial charge in [0.2, 0.25) is 0 Å². The highest BCUT2D eigenvalue weighted by Gasteiger charge is 2.17. The average molecular weight is 403 g/mol. The largest absolute Gasteiger partial charge is 0.376 e. The quantitative estimate of drug-likeness (QED) is 0.529. The molecular weight excluding hydrogens is 368 g/mol. The predicted octanol–water partition coefficient (Wildman–Crippen LogP) is 5.23. The van der Waals surface area contributed by atoms with Crippen LogP contribution in [0.15, 0.2) is 79.8 Å². The smallest absolute Gasteiger partial charge is 0.0918 e. The number of likely N-dealkylation sites (tertiary alicyclic amines) is 1. The van der Waals surface area contributed by atoms with Crippen molar-refractivity contribution in [3.8, 4) is 0 Å². The van der Waals surface area contributed by atoms with E-state index in [0.29, 0.717) is 6.04 Å². The van der Waals surface area contributed by atoms with Crippen molar-refractivity contribution in [3.63, 3.8) is 0 Å². The Bertz CT molecular complexity index is 958. The van der Waals surface area contributed by atoms with E-state index in [9.17, 15) is 0 Å². The summed E-state index contributed by atoms with van der Waals surface area (Å²) in [6.45, 7) is 15.0. The molecule has 158 valence electrons. The van der Waals surface area contributed by atoms with Gasteiger partial charge in [-0.3, -0.25) is 0 Å². The minimum Gasteiger partial charge on any atom is -0.376 e. The Kier molecular flexibility index (Phi) is 7.61. The van der Waals surface area contributed by atoms with E-state index in [1.54, 1.807) is 0 Å². The molecule has 0 radical (unpaired) electrons. The van der Waals surface area contributed by atoms with Crippen molar-refractivity contribution in [3.05, 3.63) is 96.6 Å². The molecule has 4 rings (SSSR count). The molecule has 0 aliphatic carbocycles. The third kappa shape index (κ3) is 6.45. The lowest BCUT2D eigenvalue weighted by molar-refractivity contribution is 0.259.